The van der Waals surface area contributed by atoms with Gasteiger partial charge in [0.1, 0.15) is 6.61 Å². The highest BCUT2D eigenvalue weighted by molar-refractivity contribution is 5.70. The molecule has 0 aliphatic heterocycles. The van der Waals surface area contributed by atoms with Crippen molar-refractivity contribution in [3.05, 3.63) is 0 Å². The average molecular weight is 188 g/mol. The quantitative estimate of drug-likeness (QED) is 0.598. The summed E-state index contributed by atoms with van der Waals surface area (Å²) in [6.07, 6.45) is 1.10. The third kappa shape index (κ3) is 7.78. The predicted octanol–water partition coefficient (Wildman–Crippen LogP) is 2.00. The van der Waals surface area contributed by atoms with Crippen molar-refractivity contribution in [2.75, 3.05) is 13.2 Å². The van der Waals surface area contributed by atoms with Crippen LogP contribution in [0, 0.1) is 5.92 Å². The molecule has 0 heterocycles. The van der Waals surface area contributed by atoms with Crippen molar-refractivity contribution < 1.29 is 14.3 Å². The number of esters is 1. The van der Waals surface area contributed by atoms with Crippen LogP contribution in [0.5, 0.6) is 0 Å². The molecule has 0 amide bonds. The Morgan fingerprint density at radius 2 is 1.92 bits per heavy atom. The first kappa shape index (κ1) is 12.4. The number of hydrogen-bond acceptors (Lipinski definition) is 3. The van der Waals surface area contributed by atoms with Crippen LogP contribution >= 0.6 is 0 Å². The summed E-state index contributed by atoms with van der Waals surface area (Å²) in [5.74, 6) is 0.315. The zero-order valence-corrected chi connectivity index (χ0v) is 9.00. The van der Waals surface area contributed by atoms with Crippen molar-refractivity contribution in [1.82, 2.24) is 0 Å². The van der Waals surface area contributed by atoms with Crippen LogP contribution in [0.25, 0.3) is 0 Å². The topological polar surface area (TPSA) is 35.5 Å². The van der Waals surface area contributed by atoms with Gasteiger partial charge in [0, 0.05) is 0 Å². The van der Waals surface area contributed by atoms with Crippen LogP contribution in [0.1, 0.15) is 34.1 Å². The minimum absolute atomic E-state index is 0.0712. The Morgan fingerprint density at radius 3 is 2.38 bits per heavy atom. The van der Waals surface area contributed by atoms with E-state index in [1.807, 2.05) is 6.92 Å². The summed E-state index contributed by atoms with van der Waals surface area (Å²) in [4.78, 5) is 10.9. The molecule has 1 atom stereocenters. The van der Waals surface area contributed by atoms with Crippen LogP contribution in [-0.2, 0) is 14.3 Å². The fourth-order valence-corrected chi connectivity index (χ4v) is 1.14. The monoisotopic (exact) mass is 188 g/mol. The molecule has 0 rings (SSSR count). The maximum Gasteiger partial charge on any atom is 0.332 e. The highest BCUT2D eigenvalue weighted by Gasteiger charge is 2.08. The van der Waals surface area contributed by atoms with E-state index in [1.54, 1.807) is 6.92 Å². The van der Waals surface area contributed by atoms with Crippen molar-refractivity contribution in [2.45, 2.75) is 40.2 Å². The summed E-state index contributed by atoms with van der Waals surface area (Å²) in [7, 11) is 0. The van der Waals surface area contributed by atoms with E-state index in [9.17, 15) is 4.79 Å². The lowest BCUT2D eigenvalue weighted by atomic mass is 10.1. The van der Waals surface area contributed by atoms with E-state index in [1.165, 1.54) is 0 Å². The van der Waals surface area contributed by atoms with Crippen LogP contribution in [0.2, 0.25) is 0 Å². The van der Waals surface area contributed by atoms with Crippen LogP contribution in [0.15, 0.2) is 0 Å². The van der Waals surface area contributed by atoms with Crippen molar-refractivity contribution in [1.29, 1.82) is 0 Å². The molecule has 0 saturated carbocycles. The molecule has 0 aliphatic rings. The fraction of sp³-hybridized carbons (Fsp3) is 0.900. The lowest BCUT2D eigenvalue weighted by Crippen LogP contribution is -2.19. The molecule has 3 nitrogen and oxygen atoms in total. The van der Waals surface area contributed by atoms with Gasteiger partial charge in [-0.1, -0.05) is 13.8 Å². The molecule has 1 unspecified atom stereocenters. The Bertz CT molecular complexity index is 143. The molecule has 0 aliphatic carbocycles. The maximum absolute atomic E-state index is 10.9. The Morgan fingerprint density at radius 1 is 1.31 bits per heavy atom. The van der Waals surface area contributed by atoms with Crippen molar-refractivity contribution in [3.8, 4) is 0 Å². The number of rotatable bonds is 6. The molecule has 0 aromatic rings. The molecule has 0 N–H and O–H groups in total. The van der Waals surface area contributed by atoms with Crippen molar-refractivity contribution in [3.63, 3.8) is 0 Å². The first-order valence-electron chi connectivity index (χ1n) is 4.83. The summed E-state index contributed by atoms with van der Waals surface area (Å²) in [6, 6.07) is 0. The Hall–Kier alpha value is -0.570. The van der Waals surface area contributed by atoms with Gasteiger partial charge in [0.15, 0.2) is 0 Å². The minimum atomic E-state index is -0.280. The third-order valence-corrected chi connectivity index (χ3v) is 1.59. The molecule has 0 aromatic carbocycles. The smallest absolute Gasteiger partial charge is 0.332 e. The summed E-state index contributed by atoms with van der Waals surface area (Å²) >= 11 is 0. The van der Waals surface area contributed by atoms with Gasteiger partial charge in [0.2, 0.25) is 0 Å². The molecule has 13 heavy (non-hydrogen) atoms. The van der Waals surface area contributed by atoms with E-state index >= 15 is 0 Å². The van der Waals surface area contributed by atoms with Crippen LogP contribution < -0.4 is 0 Å². The van der Waals surface area contributed by atoms with Crippen molar-refractivity contribution in [2.24, 2.45) is 5.92 Å². The van der Waals surface area contributed by atoms with Crippen LogP contribution in [-0.4, -0.2) is 25.3 Å². The maximum atomic E-state index is 10.9. The SMILES string of the molecule is CCOC(=O)COC(C)CC(C)C. The summed E-state index contributed by atoms with van der Waals surface area (Å²) in [5, 5.41) is 0. The van der Waals surface area contributed by atoms with E-state index in [-0.39, 0.29) is 18.7 Å². The average Bonchev–Trinajstić information content (AvgIpc) is 2.00. The van der Waals surface area contributed by atoms with E-state index in [2.05, 4.69) is 13.8 Å². The van der Waals surface area contributed by atoms with Gasteiger partial charge >= 0.3 is 5.97 Å². The Kier molecular flexibility index (Phi) is 6.59. The summed E-state index contributed by atoms with van der Waals surface area (Å²) < 4.78 is 10.0. The molecule has 3 heteroatoms. The first-order valence-corrected chi connectivity index (χ1v) is 4.83. The minimum Gasteiger partial charge on any atom is -0.464 e. The van der Waals surface area contributed by atoms with Crippen molar-refractivity contribution >= 4 is 5.97 Å². The highest BCUT2D eigenvalue weighted by Crippen LogP contribution is 2.07. The number of carbonyl (C=O) groups excluding carboxylic acids is 1. The standard InChI is InChI=1S/C10H20O3/c1-5-12-10(11)7-13-9(4)6-8(2)3/h8-9H,5-7H2,1-4H3. The lowest BCUT2D eigenvalue weighted by molar-refractivity contribution is -0.150. The molecule has 0 spiro atoms. The molecule has 0 saturated heterocycles. The van der Waals surface area contributed by atoms with E-state index in [0.717, 1.165) is 6.42 Å². The Balaban J connectivity index is 3.45. The largest absolute Gasteiger partial charge is 0.464 e. The summed E-state index contributed by atoms with van der Waals surface area (Å²) in [5.41, 5.74) is 0. The normalized spacial score (nSPS) is 13.0. The van der Waals surface area contributed by atoms with E-state index in [0.29, 0.717) is 12.5 Å². The fourth-order valence-electron chi connectivity index (χ4n) is 1.14. The van der Waals surface area contributed by atoms with Crippen LogP contribution in [0.4, 0.5) is 0 Å². The van der Waals surface area contributed by atoms with Gasteiger partial charge < -0.3 is 9.47 Å². The molecule has 78 valence electrons. The van der Waals surface area contributed by atoms with Gasteiger partial charge in [-0.3, -0.25) is 0 Å². The second kappa shape index (κ2) is 6.89. The van der Waals surface area contributed by atoms with Gasteiger partial charge in [-0.25, -0.2) is 4.79 Å². The third-order valence-electron chi connectivity index (χ3n) is 1.59. The number of carbonyl (C=O) groups is 1. The van der Waals surface area contributed by atoms with Gasteiger partial charge in [-0.2, -0.15) is 0 Å². The predicted molar refractivity (Wildman–Crippen MR) is 51.5 cm³/mol. The lowest BCUT2D eigenvalue weighted by Gasteiger charge is -2.14. The van der Waals surface area contributed by atoms with Gasteiger partial charge in [0.05, 0.1) is 12.7 Å². The summed E-state index contributed by atoms with van der Waals surface area (Å²) in [6.45, 7) is 8.51. The molecule has 0 aromatic heterocycles. The van der Waals surface area contributed by atoms with Gasteiger partial charge in [-0.05, 0) is 26.2 Å². The zero-order chi connectivity index (χ0) is 10.3. The van der Waals surface area contributed by atoms with E-state index in [4.69, 9.17) is 9.47 Å². The van der Waals surface area contributed by atoms with Crippen LogP contribution in [0.3, 0.4) is 0 Å². The molecular formula is C10H20O3. The van der Waals surface area contributed by atoms with E-state index < -0.39 is 0 Å². The van der Waals surface area contributed by atoms with Gasteiger partial charge in [0.25, 0.3) is 0 Å². The second-order valence-electron chi connectivity index (χ2n) is 3.56. The molecular weight excluding hydrogens is 168 g/mol. The highest BCUT2D eigenvalue weighted by atomic mass is 16.6. The van der Waals surface area contributed by atoms with Gasteiger partial charge in [-0.15, -0.1) is 0 Å². The first-order chi connectivity index (χ1) is 6.06. The molecule has 0 bridgehead atoms. The Labute approximate surface area is 80.4 Å². The molecule has 0 fully saturated rings. The molecule has 0 radical (unpaired) electrons. The number of ether oxygens (including phenoxy) is 2. The second-order valence-corrected chi connectivity index (χ2v) is 3.56. The number of hydrogen-bond donors (Lipinski definition) is 0. The zero-order valence-electron chi connectivity index (χ0n) is 9.00.